The lowest BCUT2D eigenvalue weighted by Gasteiger charge is -2.03. The van der Waals surface area contributed by atoms with Gasteiger partial charge in [0.25, 0.3) is 0 Å². The van der Waals surface area contributed by atoms with E-state index in [4.69, 9.17) is 0 Å². The van der Waals surface area contributed by atoms with Gasteiger partial charge in [-0.1, -0.05) is 0 Å². The molecule has 0 aromatic carbocycles. The van der Waals surface area contributed by atoms with Crippen LogP contribution in [0.4, 0.5) is 0 Å². The molecule has 0 amide bonds. The topological polar surface area (TPSA) is 0 Å². The Balaban J connectivity index is 1.92. The second-order valence-corrected chi connectivity index (χ2v) is 14.6. The Hall–Kier alpha value is 0.720. The van der Waals surface area contributed by atoms with Crippen LogP contribution in [-0.2, 0) is 0 Å². The molecule has 0 aliphatic heterocycles. The van der Waals surface area contributed by atoms with Crippen LogP contribution in [-0.4, -0.2) is 0 Å². The third kappa shape index (κ3) is 3.58. The first-order valence-electron chi connectivity index (χ1n) is 6.61. The molecule has 0 aliphatic carbocycles. The fourth-order valence-corrected chi connectivity index (χ4v) is 8.68. The van der Waals surface area contributed by atoms with Crippen molar-refractivity contribution in [3.05, 3.63) is 51.5 Å². The number of hydrogen-bond acceptors (Lipinski definition) is 4. The molecule has 24 heavy (non-hydrogen) atoms. The lowest BCUT2D eigenvalue weighted by atomic mass is 10.1. The van der Waals surface area contributed by atoms with Crippen LogP contribution in [0.3, 0.4) is 0 Å². The molecule has 4 aromatic heterocycles. The molecule has 0 unspecified atom stereocenters. The Kier molecular flexibility index (Phi) is 5.57. The molecular weight excluding hydrogens is 640 g/mol. The van der Waals surface area contributed by atoms with E-state index in [0.29, 0.717) is 0 Å². The predicted octanol–water partition coefficient (Wildman–Crippen LogP) is 9.98. The monoisotopic (exact) mass is 642 g/mol. The fraction of sp³-hybridized carbons (Fsp3) is 0. The molecule has 0 nitrogen and oxygen atoms in total. The van der Waals surface area contributed by atoms with Crippen LogP contribution in [0.15, 0.2) is 51.5 Å². The van der Waals surface area contributed by atoms with Crippen molar-refractivity contribution in [2.75, 3.05) is 0 Å². The maximum absolute atomic E-state index is 3.68. The zero-order valence-corrected chi connectivity index (χ0v) is 21.2. The average molecular weight is 646 g/mol. The molecule has 4 rings (SSSR count). The zero-order valence-electron chi connectivity index (χ0n) is 11.6. The van der Waals surface area contributed by atoms with Gasteiger partial charge >= 0.3 is 0 Å². The molecule has 0 spiro atoms. The standard InChI is InChI=1S/C16H6Br4S4/c17-11-3-1-9(21-11)7-5-13(19)23-15(7)16-8(6-14(20)24-16)10-2-4-12(18)22-10/h1-6H. The van der Waals surface area contributed by atoms with Crippen molar-refractivity contribution in [2.24, 2.45) is 0 Å². The summed E-state index contributed by atoms with van der Waals surface area (Å²) >= 11 is 21.6. The van der Waals surface area contributed by atoms with Crippen molar-refractivity contribution in [3.63, 3.8) is 0 Å². The SMILES string of the molecule is Brc1ccc(-c2cc(Br)sc2-c2sc(Br)cc2-c2ccc(Br)s2)s1. The number of halogens is 4. The number of thiophene rings is 4. The van der Waals surface area contributed by atoms with E-state index in [0.717, 1.165) is 15.1 Å². The summed E-state index contributed by atoms with van der Waals surface area (Å²) in [7, 11) is 0. The highest BCUT2D eigenvalue weighted by atomic mass is 79.9. The van der Waals surface area contributed by atoms with E-state index in [1.54, 1.807) is 45.3 Å². The van der Waals surface area contributed by atoms with Crippen LogP contribution in [0.1, 0.15) is 0 Å². The zero-order chi connectivity index (χ0) is 16.8. The lowest BCUT2D eigenvalue weighted by Crippen LogP contribution is -1.75. The van der Waals surface area contributed by atoms with E-state index in [2.05, 4.69) is 100 Å². The molecule has 0 bridgehead atoms. The molecule has 4 aromatic rings. The van der Waals surface area contributed by atoms with E-state index in [9.17, 15) is 0 Å². The van der Waals surface area contributed by atoms with Gasteiger partial charge in [0.2, 0.25) is 0 Å². The predicted molar refractivity (Wildman–Crippen MR) is 125 cm³/mol. The van der Waals surface area contributed by atoms with Gasteiger partial charge in [-0.2, -0.15) is 0 Å². The van der Waals surface area contributed by atoms with E-state index in [-0.39, 0.29) is 0 Å². The first kappa shape index (κ1) is 18.1. The summed E-state index contributed by atoms with van der Waals surface area (Å²) in [6.07, 6.45) is 0. The molecule has 0 saturated carbocycles. The van der Waals surface area contributed by atoms with Crippen molar-refractivity contribution in [2.45, 2.75) is 0 Å². The Bertz CT molecular complexity index is 938. The van der Waals surface area contributed by atoms with Crippen LogP contribution in [0, 0.1) is 0 Å². The molecule has 0 aliphatic rings. The Morgan fingerprint density at radius 2 is 0.917 bits per heavy atom. The summed E-state index contributed by atoms with van der Waals surface area (Å²) in [5, 5.41) is 0. The maximum atomic E-state index is 3.68. The second-order valence-electron chi connectivity index (χ2n) is 4.79. The summed E-state index contributed by atoms with van der Waals surface area (Å²) in [4.78, 5) is 5.18. The van der Waals surface area contributed by atoms with Crippen molar-refractivity contribution in [1.29, 1.82) is 0 Å². The van der Waals surface area contributed by atoms with Gasteiger partial charge in [-0.25, -0.2) is 0 Å². The fourth-order valence-electron chi connectivity index (χ4n) is 2.34. The minimum atomic E-state index is 1.15. The lowest BCUT2D eigenvalue weighted by molar-refractivity contribution is 1.82. The number of hydrogen-bond donors (Lipinski definition) is 0. The van der Waals surface area contributed by atoms with E-state index >= 15 is 0 Å². The molecule has 4 heterocycles. The molecule has 8 heteroatoms. The Labute approximate surface area is 189 Å². The van der Waals surface area contributed by atoms with Gasteiger partial charge < -0.3 is 0 Å². The summed E-state index contributed by atoms with van der Waals surface area (Å²) in [5.41, 5.74) is 2.57. The highest BCUT2D eigenvalue weighted by molar-refractivity contribution is 9.11. The molecule has 0 radical (unpaired) electrons. The van der Waals surface area contributed by atoms with Gasteiger partial charge in [0, 0.05) is 20.9 Å². The van der Waals surface area contributed by atoms with Gasteiger partial charge in [0.05, 0.1) is 24.9 Å². The highest BCUT2D eigenvalue weighted by Crippen LogP contribution is 2.51. The molecule has 122 valence electrons. The summed E-state index contributed by atoms with van der Waals surface area (Å²) < 4.78 is 4.61. The van der Waals surface area contributed by atoms with Crippen molar-refractivity contribution < 1.29 is 0 Å². The first-order chi connectivity index (χ1) is 11.5. The van der Waals surface area contributed by atoms with Crippen LogP contribution in [0.5, 0.6) is 0 Å². The largest absolute Gasteiger partial charge is 0.128 e. The normalized spacial score (nSPS) is 11.3. The average Bonchev–Trinajstić information content (AvgIpc) is 3.26. The van der Waals surface area contributed by atoms with Crippen LogP contribution in [0.2, 0.25) is 0 Å². The second kappa shape index (κ2) is 7.38. The van der Waals surface area contributed by atoms with Crippen LogP contribution >= 0.6 is 109 Å². The van der Waals surface area contributed by atoms with E-state index in [1.165, 1.54) is 30.6 Å². The smallest absolute Gasteiger partial charge is 0.0712 e. The van der Waals surface area contributed by atoms with Gasteiger partial charge in [-0.05, 0) is 100 Å². The molecule has 0 saturated heterocycles. The van der Waals surface area contributed by atoms with Gasteiger partial charge in [-0.15, -0.1) is 45.3 Å². The van der Waals surface area contributed by atoms with Crippen molar-refractivity contribution in [3.8, 4) is 30.6 Å². The number of rotatable bonds is 3. The molecule has 0 N–H and O–H groups in total. The highest BCUT2D eigenvalue weighted by Gasteiger charge is 2.20. The summed E-state index contributed by atoms with van der Waals surface area (Å²) in [6.45, 7) is 0. The van der Waals surface area contributed by atoms with Crippen molar-refractivity contribution >= 4 is 109 Å². The van der Waals surface area contributed by atoms with Gasteiger partial charge in [-0.3, -0.25) is 0 Å². The third-order valence-corrected chi connectivity index (χ3v) is 10.0. The van der Waals surface area contributed by atoms with E-state index < -0.39 is 0 Å². The van der Waals surface area contributed by atoms with Gasteiger partial charge in [0.15, 0.2) is 0 Å². The van der Waals surface area contributed by atoms with Crippen LogP contribution in [0.25, 0.3) is 30.6 Å². The van der Waals surface area contributed by atoms with Gasteiger partial charge in [0.1, 0.15) is 0 Å². The maximum Gasteiger partial charge on any atom is 0.0712 e. The minimum Gasteiger partial charge on any atom is -0.128 e. The molecule has 0 atom stereocenters. The Morgan fingerprint density at radius 1 is 0.500 bits per heavy atom. The van der Waals surface area contributed by atoms with Crippen molar-refractivity contribution in [1.82, 2.24) is 0 Å². The third-order valence-electron chi connectivity index (χ3n) is 3.29. The first-order valence-corrected chi connectivity index (χ1v) is 13.1. The van der Waals surface area contributed by atoms with E-state index in [1.807, 2.05) is 0 Å². The Morgan fingerprint density at radius 3 is 1.25 bits per heavy atom. The summed E-state index contributed by atoms with van der Waals surface area (Å²) in [5.74, 6) is 0. The molecule has 0 fully saturated rings. The van der Waals surface area contributed by atoms with Crippen LogP contribution < -0.4 is 0 Å². The summed E-state index contributed by atoms with van der Waals surface area (Å²) in [6, 6.07) is 13.0. The quantitative estimate of drug-likeness (QED) is 0.208. The minimum absolute atomic E-state index is 1.15. The molecular formula is C16H6Br4S4.